The topological polar surface area (TPSA) is 168 Å². The summed E-state index contributed by atoms with van der Waals surface area (Å²) in [5.74, 6) is -0.424. The smallest absolute Gasteiger partial charge is 0.321 e. The number of amides is 3. The van der Waals surface area contributed by atoms with Crippen molar-refractivity contribution in [3.8, 4) is 0 Å². The fourth-order valence-electron chi connectivity index (χ4n) is 7.37. The molecule has 2 aromatic carbocycles. The highest BCUT2D eigenvalue weighted by atomic mass is 32.2. The number of sulfonamides is 1. The molecule has 0 spiro atoms. The van der Waals surface area contributed by atoms with Gasteiger partial charge in [0.2, 0.25) is 15.9 Å². The van der Waals surface area contributed by atoms with Gasteiger partial charge in [-0.25, -0.2) is 18.2 Å². The molecule has 1 aliphatic carbocycles. The third-order valence-electron chi connectivity index (χ3n) is 10.7. The number of nitrogens with zero attached hydrogens (tertiary/aromatic N) is 5. The van der Waals surface area contributed by atoms with Crippen molar-refractivity contribution in [2.24, 2.45) is 17.0 Å². The molecule has 5 rings (SSSR count). The summed E-state index contributed by atoms with van der Waals surface area (Å²) < 4.78 is 29.7. The predicted molar refractivity (Wildman–Crippen MR) is 214 cm³/mol. The summed E-state index contributed by atoms with van der Waals surface area (Å²) in [5.41, 5.74) is 2.22. The number of hydrogen-bond acceptors (Lipinski definition) is 10. The number of nitrogens with one attached hydrogen (secondary N) is 2. The standard InChI is InChI=1S/C40H57N7O6S2/c1-5-29(4)38(47-20-19-45(40(47)50)25-33-27-54-37(43-33)23-41-28(2)3)39(49)44-35(21-30-11-7-6-8-12-30)36(48)26-46(24-32-13-9-10-14-32)55(52,53)34-17-15-31(16-18-34)22-42-51/h6-8,11-12,15-18,22,27-29,32,35-36,38,41,48,51H,5,9-10,13-14,19-21,23-26H2,1-4H3,(H,44,49)/b42-22+/t29-,35-,36+,38-/m0/s1. The van der Waals surface area contributed by atoms with Crippen molar-refractivity contribution >= 4 is 39.5 Å². The maximum absolute atomic E-state index is 14.4. The first-order chi connectivity index (χ1) is 26.4. The fourth-order valence-corrected chi connectivity index (χ4v) is 9.64. The van der Waals surface area contributed by atoms with Crippen LogP contribution >= 0.6 is 11.3 Å². The highest BCUT2D eigenvalue weighted by Gasteiger charge is 2.41. The Labute approximate surface area is 329 Å². The van der Waals surface area contributed by atoms with Gasteiger partial charge < -0.3 is 30.7 Å². The molecule has 2 fully saturated rings. The van der Waals surface area contributed by atoms with E-state index in [1.165, 1.54) is 22.7 Å². The van der Waals surface area contributed by atoms with E-state index in [-0.39, 0.29) is 48.2 Å². The van der Waals surface area contributed by atoms with Crippen LogP contribution in [0.1, 0.15) is 81.6 Å². The molecule has 13 nitrogen and oxygen atoms in total. The molecule has 4 N–H and O–H groups in total. The number of aromatic nitrogens is 1. The zero-order valence-corrected chi connectivity index (χ0v) is 34.0. The predicted octanol–water partition coefficient (Wildman–Crippen LogP) is 5.07. The summed E-state index contributed by atoms with van der Waals surface area (Å²) in [5, 5.41) is 33.3. The molecule has 1 saturated heterocycles. The van der Waals surface area contributed by atoms with Crippen LogP contribution < -0.4 is 10.6 Å². The highest BCUT2D eigenvalue weighted by Crippen LogP contribution is 2.29. The lowest BCUT2D eigenvalue weighted by Gasteiger charge is -2.35. The van der Waals surface area contributed by atoms with Crippen LogP contribution in [0.4, 0.5) is 4.79 Å². The molecule has 4 atom stereocenters. The second-order valence-corrected chi connectivity index (χ2v) is 18.0. The van der Waals surface area contributed by atoms with E-state index in [1.807, 2.05) is 49.6 Å². The minimum Gasteiger partial charge on any atom is -0.411 e. The first-order valence-corrected chi connectivity index (χ1v) is 21.7. The largest absolute Gasteiger partial charge is 0.411 e. The lowest BCUT2D eigenvalue weighted by molar-refractivity contribution is -0.128. The van der Waals surface area contributed by atoms with E-state index >= 15 is 0 Å². The van der Waals surface area contributed by atoms with Gasteiger partial charge in [-0.15, -0.1) is 11.3 Å². The molecule has 0 radical (unpaired) electrons. The Morgan fingerprint density at radius 3 is 2.45 bits per heavy atom. The number of urea groups is 1. The summed E-state index contributed by atoms with van der Waals surface area (Å²) >= 11 is 1.55. The Hall–Kier alpha value is -3.89. The van der Waals surface area contributed by atoms with Crippen LogP contribution in [0.3, 0.4) is 0 Å². The molecule has 0 unspecified atom stereocenters. The Bertz CT molecular complexity index is 1820. The maximum Gasteiger partial charge on any atom is 0.321 e. The quantitative estimate of drug-likeness (QED) is 0.0699. The molecule has 0 bridgehead atoms. The monoisotopic (exact) mass is 795 g/mol. The number of carbonyl (C=O) groups excluding carboxylic acids is 2. The molecular formula is C40H57N7O6S2. The molecule has 2 heterocycles. The second-order valence-electron chi connectivity index (χ2n) is 15.2. The molecular weight excluding hydrogens is 739 g/mol. The number of carbonyl (C=O) groups is 2. The van der Waals surface area contributed by atoms with Crippen molar-refractivity contribution < 1.29 is 28.3 Å². The average Bonchev–Trinajstić information content (AvgIpc) is 3.94. The van der Waals surface area contributed by atoms with Crippen LogP contribution in [-0.4, -0.2) is 106 Å². The fraction of sp³-hybridized carbons (Fsp3) is 0.550. The van der Waals surface area contributed by atoms with Gasteiger partial charge in [-0.3, -0.25) is 4.79 Å². The van der Waals surface area contributed by atoms with Crippen LogP contribution in [0.25, 0.3) is 0 Å². The van der Waals surface area contributed by atoms with E-state index in [2.05, 4.69) is 29.6 Å². The van der Waals surface area contributed by atoms with Crippen molar-refractivity contribution in [2.75, 3.05) is 26.2 Å². The molecule has 3 aromatic rings. The van der Waals surface area contributed by atoms with E-state index in [0.29, 0.717) is 44.2 Å². The molecule has 1 aromatic heterocycles. The number of benzene rings is 2. The summed E-state index contributed by atoms with van der Waals surface area (Å²) in [7, 11) is -4.05. The number of aliphatic hydroxyl groups excluding tert-OH is 1. The Morgan fingerprint density at radius 1 is 1.09 bits per heavy atom. The third kappa shape index (κ3) is 11.3. The number of oxime groups is 1. The minimum absolute atomic E-state index is 0.0615. The third-order valence-corrected chi connectivity index (χ3v) is 13.4. The van der Waals surface area contributed by atoms with Gasteiger partial charge in [0.05, 0.1) is 35.5 Å². The van der Waals surface area contributed by atoms with Crippen molar-refractivity contribution in [2.45, 2.75) is 108 Å². The summed E-state index contributed by atoms with van der Waals surface area (Å²) in [6.07, 6.45) is 4.68. The number of aliphatic hydroxyl groups is 1. The van der Waals surface area contributed by atoms with Gasteiger partial charge >= 0.3 is 6.03 Å². The normalized spacial score (nSPS) is 17.8. The SMILES string of the molecule is CC[C@H](C)[C@@H](C(=O)N[C@@H](Cc1ccccc1)[C@H](O)CN(CC1CCCC1)S(=O)(=O)c1ccc(/C=N/O)cc1)N1CCN(Cc2csc(CNC(C)C)n2)C1=O. The molecule has 1 aliphatic heterocycles. The van der Waals surface area contributed by atoms with Gasteiger partial charge in [-0.05, 0) is 54.4 Å². The van der Waals surface area contributed by atoms with Gasteiger partial charge in [0.15, 0.2) is 0 Å². The Balaban J connectivity index is 1.36. The lowest BCUT2D eigenvalue weighted by Crippen LogP contribution is -2.57. The van der Waals surface area contributed by atoms with Gasteiger partial charge in [-0.2, -0.15) is 4.31 Å². The molecule has 3 amide bonds. The second kappa shape index (κ2) is 19.8. The van der Waals surface area contributed by atoms with Gasteiger partial charge in [0, 0.05) is 44.1 Å². The van der Waals surface area contributed by atoms with Crippen LogP contribution in [0.15, 0.2) is 70.0 Å². The number of hydrogen-bond donors (Lipinski definition) is 4. The molecule has 15 heteroatoms. The van der Waals surface area contributed by atoms with E-state index in [4.69, 9.17) is 10.2 Å². The van der Waals surface area contributed by atoms with Crippen LogP contribution in [0.2, 0.25) is 0 Å². The molecule has 2 aliphatic rings. The van der Waals surface area contributed by atoms with E-state index in [0.717, 1.165) is 41.9 Å². The number of rotatable bonds is 20. The molecule has 1 saturated carbocycles. The zero-order chi connectivity index (χ0) is 39.5. The van der Waals surface area contributed by atoms with Crippen molar-refractivity contribution in [3.63, 3.8) is 0 Å². The molecule has 55 heavy (non-hydrogen) atoms. The van der Waals surface area contributed by atoms with Crippen LogP contribution in [0.5, 0.6) is 0 Å². The average molecular weight is 796 g/mol. The van der Waals surface area contributed by atoms with Crippen LogP contribution in [0, 0.1) is 11.8 Å². The maximum atomic E-state index is 14.4. The Kier molecular flexibility index (Phi) is 15.2. The zero-order valence-electron chi connectivity index (χ0n) is 32.4. The van der Waals surface area contributed by atoms with Crippen LogP contribution in [-0.2, 0) is 34.3 Å². The first-order valence-electron chi connectivity index (χ1n) is 19.4. The lowest BCUT2D eigenvalue weighted by atomic mass is 9.95. The van der Waals surface area contributed by atoms with E-state index < -0.39 is 28.2 Å². The summed E-state index contributed by atoms with van der Waals surface area (Å²) in [6, 6.07) is 14.0. The summed E-state index contributed by atoms with van der Waals surface area (Å²) in [4.78, 5) is 36.5. The minimum atomic E-state index is -4.05. The van der Waals surface area contributed by atoms with Crippen molar-refractivity contribution in [1.82, 2.24) is 29.7 Å². The van der Waals surface area contributed by atoms with E-state index in [9.17, 15) is 23.1 Å². The van der Waals surface area contributed by atoms with Gasteiger partial charge in [0.25, 0.3) is 0 Å². The molecule has 300 valence electrons. The van der Waals surface area contributed by atoms with E-state index in [1.54, 1.807) is 33.3 Å². The van der Waals surface area contributed by atoms with Crippen molar-refractivity contribution in [1.29, 1.82) is 0 Å². The summed E-state index contributed by atoms with van der Waals surface area (Å²) in [6.45, 7) is 9.93. The van der Waals surface area contributed by atoms with Gasteiger partial charge in [-0.1, -0.05) is 94.6 Å². The Morgan fingerprint density at radius 2 is 1.80 bits per heavy atom. The van der Waals surface area contributed by atoms with Gasteiger partial charge in [0.1, 0.15) is 11.0 Å². The number of thiazole rings is 1. The van der Waals surface area contributed by atoms with Crippen molar-refractivity contribution in [3.05, 3.63) is 81.8 Å². The highest BCUT2D eigenvalue weighted by molar-refractivity contribution is 7.89. The first kappa shape index (κ1) is 42.3.